The van der Waals surface area contributed by atoms with E-state index in [1.165, 1.54) is 32.4 Å². The number of non-ortho nitro benzene ring substituents is 1. The number of nitrogens with zero attached hydrogens (tertiary/aromatic N) is 2. The Bertz CT molecular complexity index is 1170. The third-order valence-corrected chi connectivity index (χ3v) is 6.97. The monoisotopic (exact) mass is 516 g/mol. The molecule has 2 aromatic rings. The van der Waals surface area contributed by atoms with Crippen LogP contribution in [0.5, 0.6) is 11.5 Å². The first-order valence-electron chi connectivity index (χ1n) is 12.0. The number of methoxy groups -OCH3 is 3. The maximum atomic E-state index is 13.3. The van der Waals surface area contributed by atoms with Gasteiger partial charge in [0.25, 0.3) is 5.69 Å². The molecule has 2 aromatic carbocycles. The van der Waals surface area contributed by atoms with Crippen molar-refractivity contribution in [2.75, 3.05) is 32.8 Å². The Morgan fingerprint density at radius 3 is 2.59 bits per heavy atom. The fourth-order valence-corrected chi connectivity index (χ4v) is 5.23. The van der Waals surface area contributed by atoms with Crippen molar-refractivity contribution in [3.8, 4) is 11.5 Å². The zero-order valence-electron chi connectivity index (χ0n) is 21.5. The summed E-state index contributed by atoms with van der Waals surface area (Å²) in [5.41, 5.74) is 0.265. The van der Waals surface area contributed by atoms with Crippen LogP contribution < -0.4 is 14.4 Å². The largest absolute Gasteiger partial charge is 0.497 e. The molecule has 4 rings (SSSR count). The summed E-state index contributed by atoms with van der Waals surface area (Å²) in [6, 6.07) is 7.86. The number of hydrogen-bond acceptors (Lipinski definition) is 10. The molecule has 2 aliphatic heterocycles. The summed E-state index contributed by atoms with van der Waals surface area (Å²) in [7, 11) is 4.41. The lowest BCUT2D eigenvalue weighted by Gasteiger charge is -2.50. The number of carbonyl (C=O) groups excluding carboxylic acids is 1. The molecule has 0 saturated carbocycles. The molecule has 0 amide bonds. The number of hydrogen-bond donors (Lipinski definition) is 1. The quantitative estimate of drug-likeness (QED) is 0.230. The molecule has 200 valence electrons. The van der Waals surface area contributed by atoms with Crippen molar-refractivity contribution in [1.82, 2.24) is 0 Å². The SMILES string of the molecule is CCCOC(=O)[C@H]1Cc2cc(OC)ccc2N1[C@H]1c2cc([N+](=O)[O-])ccc2O[C@@](C)(C(OC)OC)[C@@H]1O. The smallest absolute Gasteiger partial charge is 0.329 e. The molecule has 0 aliphatic carbocycles. The molecular weight excluding hydrogens is 484 g/mol. The molecule has 11 heteroatoms. The zero-order valence-corrected chi connectivity index (χ0v) is 21.5. The van der Waals surface area contributed by atoms with E-state index in [0.29, 0.717) is 35.6 Å². The number of aliphatic hydroxyl groups is 1. The van der Waals surface area contributed by atoms with E-state index < -0.39 is 41.0 Å². The summed E-state index contributed by atoms with van der Waals surface area (Å²) in [5.74, 6) is 0.470. The summed E-state index contributed by atoms with van der Waals surface area (Å²) < 4.78 is 28.1. The molecule has 0 radical (unpaired) electrons. The standard InChI is InChI=1S/C26H32N2O9/c1-6-11-36-24(30)20-13-15-12-17(33-3)8-9-19(15)27(20)22-18-14-16(28(31)32)7-10-21(18)37-26(2,23(22)29)25(34-4)35-5/h7-10,12,14,20,22-23,25,29H,6,11,13H2,1-5H3/t20-,22+,23-,26-/m1/s1. The number of anilines is 1. The van der Waals surface area contributed by atoms with Crippen LogP contribution in [0.1, 0.15) is 37.4 Å². The van der Waals surface area contributed by atoms with Gasteiger partial charge in [-0.25, -0.2) is 4.79 Å². The molecule has 2 aliphatic rings. The van der Waals surface area contributed by atoms with Gasteiger partial charge in [0.15, 0.2) is 11.9 Å². The summed E-state index contributed by atoms with van der Waals surface area (Å²) in [4.78, 5) is 26.2. The maximum absolute atomic E-state index is 13.3. The van der Waals surface area contributed by atoms with E-state index in [1.807, 2.05) is 19.1 Å². The number of nitro groups is 1. The topological polar surface area (TPSA) is 130 Å². The highest BCUT2D eigenvalue weighted by Gasteiger charge is 2.56. The van der Waals surface area contributed by atoms with Crippen LogP contribution in [0.15, 0.2) is 36.4 Å². The van der Waals surface area contributed by atoms with E-state index in [9.17, 15) is 20.0 Å². The van der Waals surface area contributed by atoms with Gasteiger partial charge in [-0.3, -0.25) is 10.1 Å². The van der Waals surface area contributed by atoms with Crippen molar-refractivity contribution >= 4 is 17.3 Å². The fraction of sp³-hybridized carbons (Fsp3) is 0.500. The molecule has 1 N–H and O–H groups in total. The average Bonchev–Trinajstić information content (AvgIpc) is 3.26. The minimum Gasteiger partial charge on any atom is -0.497 e. The Hall–Kier alpha value is -3.41. The van der Waals surface area contributed by atoms with Crippen molar-refractivity contribution in [2.45, 2.75) is 56.8 Å². The van der Waals surface area contributed by atoms with Crippen molar-refractivity contribution in [3.63, 3.8) is 0 Å². The molecule has 2 heterocycles. The average molecular weight is 517 g/mol. The van der Waals surface area contributed by atoms with E-state index >= 15 is 0 Å². The molecule has 0 saturated heterocycles. The van der Waals surface area contributed by atoms with Crippen LogP contribution in [0.4, 0.5) is 11.4 Å². The number of esters is 1. The second-order valence-corrected chi connectivity index (χ2v) is 9.25. The zero-order chi connectivity index (χ0) is 26.9. The van der Waals surface area contributed by atoms with Crippen LogP contribution in [0.25, 0.3) is 0 Å². The predicted octanol–water partition coefficient (Wildman–Crippen LogP) is 3.16. The van der Waals surface area contributed by atoms with Crippen LogP contribution in [-0.4, -0.2) is 68.0 Å². The van der Waals surface area contributed by atoms with E-state index in [1.54, 1.807) is 25.0 Å². The van der Waals surface area contributed by atoms with Crippen LogP contribution in [0, 0.1) is 10.1 Å². The van der Waals surface area contributed by atoms with E-state index in [2.05, 4.69) is 0 Å². The molecule has 0 unspecified atom stereocenters. The molecule has 0 spiro atoms. The first kappa shape index (κ1) is 26.6. The Morgan fingerprint density at radius 1 is 1.24 bits per heavy atom. The number of ether oxygens (including phenoxy) is 5. The Kier molecular flexibility index (Phi) is 7.58. The van der Waals surface area contributed by atoms with Gasteiger partial charge < -0.3 is 33.7 Å². The number of rotatable bonds is 9. The summed E-state index contributed by atoms with van der Waals surface area (Å²) >= 11 is 0. The minimum atomic E-state index is -1.43. The third kappa shape index (κ3) is 4.58. The highest BCUT2D eigenvalue weighted by atomic mass is 16.7. The van der Waals surface area contributed by atoms with E-state index in [4.69, 9.17) is 23.7 Å². The summed E-state index contributed by atoms with van der Waals surface area (Å²) in [5, 5.41) is 23.5. The van der Waals surface area contributed by atoms with Crippen molar-refractivity contribution < 1.29 is 38.5 Å². The first-order chi connectivity index (χ1) is 17.7. The minimum absolute atomic E-state index is 0.169. The molecule has 0 fully saturated rings. The van der Waals surface area contributed by atoms with Gasteiger partial charge in [-0.2, -0.15) is 0 Å². The van der Waals surface area contributed by atoms with Crippen molar-refractivity contribution in [1.29, 1.82) is 0 Å². The molecule has 4 atom stereocenters. The first-order valence-corrected chi connectivity index (χ1v) is 12.0. The lowest BCUT2D eigenvalue weighted by Crippen LogP contribution is -2.63. The predicted molar refractivity (Wildman–Crippen MR) is 133 cm³/mol. The van der Waals surface area contributed by atoms with Crippen LogP contribution in [0.3, 0.4) is 0 Å². The molecule has 37 heavy (non-hydrogen) atoms. The lowest BCUT2D eigenvalue weighted by atomic mass is 9.83. The molecular formula is C26H32N2O9. The van der Waals surface area contributed by atoms with Crippen molar-refractivity contribution in [2.24, 2.45) is 0 Å². The lowest BCUT2D eigenvalue weighted by molar-refractivity contribution is -0.385. The van der Waals surface area contributed by atoms with Gasteiger partial charge in [-0.15, -0.1) is 0 Å². The van der Waals surface area contributed by atoms with Gasteiger partial charge in [0.1, 0.15) is 23.6 Å². The Morgan fingerprint density at radius 2 is 1.97 bits per heavy atom. The van der Waals surface area contributed by atoms with Gasteiger partial charge in [-0.1, -0.05) is 6.92 Å². The van der Waals surface area contributed by atoms with Gasteiger partial charge >= 0.3 is 5.97 Å². The van der Waals surface area contributed by atoms with E-state index in [-0.39, 0.29) is 12.3 Å². The second-order valence-electron chi connectivity index (χ2n) is 9.25. The number of benzene rings is 2. The Labute approximate surface area is 215 Å². The van der Waals surface area contributed by atoms with Gasteiger partial charge in [0.05, 0.1) is 24.7 Å². The van der Waals surface area contributed by atoms with Gasteiger partial charge in [0, 0.05) is 44.0 Å². The molecule has 0 bridgehead atoms. The fourth-order valence-electron chi connectivity index (χ4n) is 5.23. The van der Waals surface area contributed by atoms with Crippen LogP contribution >= 0.6 is 0 Å². The highest BCUT2D eigenvalue weighted by molar-refractivity contribution is 5.85. The summed E-state index contributed by atoms with van der Waals surface area (Å²) in [6.07, 6.45) is -1.37. The van der Waals surface area contributed by atoms with Gasteiger partial charge in [-0.05, 0) is 43.2 Å². The number of fused-ring (bicyclic) bond motifs is 2. The normalized spacial score (nSPS) is 24.3. The Balaban J connectivity index is 1.93. The number of aliphatic hydroxyl groups excluding tert-OH is 1. The van der Waals surface area contributed by atoms with Crippen LogP contribution in [-0.2, 0) is 25.4 Å². The maximum Gasteiger partial charge on any atom is 0.329 e. The van der Waals surface area contributed by atoms with Gasteiger partial charge in [0.2, 0.25) is 0 Å². The number of carbonyl (C=O) groups is 1. The second kappa shape index (κ2) is 10.5. The molecule has 0 aromatic heterocycles. The third-order valence-electron chi connectivity index (χ3n) is 6.97. The van der Waals surface area contributed by atoms with Crippen molar-refractivity contribution in [3.05, 3.63) is 57.6 Å². The molecule has 11 nitrogen and oxygen atoms in total. The number of nitro benzene ring substituents is 1. The van der Waals surface area contributed by atoms with E-state index in [0.717, 1.165) is 5.56 Å². The highest BCUT2D eigenvalue weighted by Crippen LogP contribution is 2.50. The summed E-state index contributed by atoms with van der Waals surface area (Å²) in [6.45, 7) is 3.79. The van der Waals surface area contributed by atoms with Crippen LogP contribution in [0.2, 0.25) is 0 Å².